The van der Waals surface area contributed by atoms with Gasteiger partial charge in [0, 0.05) is 12.1 Å². The lowest BCUT2D eigenvalue weighted by molar-refractivity contribution is 0.318. The molecule has 0 aromatic heterocycles. The number of hydrogen-bond acceptors (Lipinski definition) is 6. The summed E-state index contributed by atoms with van der Waals surface area (Å²) in [4.78, 5) is 0.0195. The summed E-state index contributed by atoms with van der Waals surface area (Å²) in [7, 11) is 0.672. The normalized spacial score (nSPS) is 11.1. The van der Waals surface area contributed by atoms with Crippen molar-refractivity contribution in [2.75, 3.05) is 33.7 Å². The molecule has 7 heteroatoms. The summed E-state index contributed by atoms with van der Waals surface area (Å²) >= 11 is 0. The van der Waals surface area contributed by atoms with Crippen LogP contribution in [0.3, 0.4) is 0 Å². The second kappa shape index (κ2) is 5.92. The fourth-order valence-electron chi connectivity index (χ4n) is 1.47. The topological polar surface area (TPSA) is 82.1 Å². The first-order chi connectivity index (χ1) is 8.50. The van der Waals surface area contributed by atoms with Gasteiger partial charge in [0.05, 0.1) is 38.6 Å². The molecule has 1 aromatic carbocycles. The summed E-state index contributed by atoms with van der Waals surface area (Å²) in [5.74, 6) is 0.482. The molecule has 0 unspecified atom stereocenters. The Hall–Kier alpha value is -1.47. The van der Waals surface area contributed by atoms with Crippen LogP contribution in [0.4, 0.5) is 0 Å². The molecule has 1 N–H and O–H groups in total. The molecule has 0 fully saturated rings. The molecule has 0 aliphatic carbocycles. The Balaban J connectivity index is 3.41. The summed E-state index contributed by atoms with van der Waals surface area (Å²) in [6.45, 7) is -0.445. The van der Waals surface area contributed by atoms with Crippen molar-refractivity contribution < 1.29 is 27.7 Å². The maximum absolute atomic E-state index is 11.9. The van der Waals surface area contributed by atoms with E-state index in [1.54, 1.807) is 0 Å². The summed E-state index contributed by atoms with van der Waals surface area (Å²) in [6, 6.07) is 2.68. The molecule has 0 aliphatic heterocycles. The molecule has 0 spiro atoms. The predicted molar refractivity (Wildman–Crippen MR) is 65.2 cm³/mol. The lowest BCUT2D eigenvalue weighted by atomic mass is 10.3. The van der Waals surface area contributed by atoms with Crippen molar-refractivity contribution in [2.24, 2.45) is 0 Å². The maximum Gasteiger partial charge on any atom is 0.203 e. The van der Waals surface area contributed by atoms with Crippen LogP contribution < -0.4 is 14.2 Å². The van der Waals surface area contributed by atoms with E-state index >= 15 is 0 Å². The van der Waals surface area contributed by atoms with E-state index in [1.807, 2.05) is 0 Å². The molecule has 0 aliphatic rings. The smallest absolute Gasteiger partial charge is 0.203 e. The molecular formula is C11H16O6S. The van der Waals surface area contributed by atoms with Gasteiger partial charge in [-0.1, -0.05) is 0 Å². The van der Waals surface area contributed by atoms with Crippen LogP contribution in [0.2, 0.25) is 0 Å². The van der Waals surface area contributed by atoms with Gasteiger partial charge >= 0.3 is 0 Å². The zero-order valence-corrected chi connectivity index (χ0v) is 11.3. The van der Waals surface area contributed by atoms with Gasteiger partial charge in [-0.25, -0.2) is 8.42 Å². The fraction of sp³-hybridized carbons (Fsp3) is 0.455. The van der Waals surface area contributed by atoms with E-state index < -0.39 is 16.4 Å². The molecule has 0 amide bonds. The van der Waals surface area contributed by atoms with Gasteiger partial charge in [0.15, 0.2) is 21.3 Å². The SMILES string of the molecule is COc1cc(S(=O)(=O)CCO)cc(OC)c1OC. The van der Waals surface area contributed by atoms with Crippen molar-refractivity contribution in [3.63, 3.8) is 0 Å². The lowest BCUT2D eigenvalue weighted by Crippen LogP contribution is -2.10. The van der Waals surface area contributed by atoms with Crippen LogP contribution in [-0.4, -0.2) is 47.2 Å². The van der Waals surface area contributed by atoms with Crippen molar-refractivity contribution in [1.29, 1.82) is 0 Å². The molecular weight excluding hydrogens is 260 g/mol. The monoisotopic (exact) mass is 276 g/mol. The number of ether oxygens (including phenoxy) is 3. The predicted octanol–water partition coefficient (Wildman–Crippen LogP) is 0.478. The fourth-order valence-corrected chi connectivity index (χ4v) is 2.52. The summed E-state index contributed by atoms with van der Waals surface area (Å²) in [5.41, 5.74) is 0. The highest BCUT2D eigenvalue weighted by atomic mass is 32.2. The van der Waals surface area contributed by atoms with Gasteiger partial charge < -0.3 is 19.3 Å². The second-order valence-corrected chi connectivity index (χ2v) is 5.51. The van der Waals surface area contributed by atoms with E-state index in [9.17, 15) is 8.42 Å². The minimum atomic E-state index is -3.57. The standard InChI is InChI=1S/C11H16O6S/c1-15-9-6-8(18(13,14)5-4-12)7-10(16-2)11(9)17-3/h6-7,12H,4-5H2,1-3H3. The van der Waals surface area contributed by atoms with Gasteiger partial charge in [-0.15, -0.1) is 0 Å². The Kier molecular flexibility index (Phi) is 4.80. The Morgan fingerprint density at radius 1 is 1.06 bits per heavy atom. The van der Waals surface area contributed by atoms with Crippen molar-refractivity contribution in [3.05, 3.63) is 12.1 Å². The van der Waals surface area contributed by atoms with Crippen LogP contribution in [0.25, 0.3) is 0 Å². The highest BCUT2D eigenvalue weighted by Gasteiger charge is 2.20. The number of aliphatic hydroxyl groups is 1. The van der Waals surface area contributed by atoms with Gasteiger partial charge in [0.25, 0.3) is 0 Å². The molecule has 0 saturated carbocycles. The first-order valence-corrected chi connectivity index (χ1v) is 6.79. The number of methoxy groups -OCH3 is 3. The lowest BCUT2D eigenvalue weighted by Gasteiger charge is -2.14. The second-order valence-electron chi connectivity index (χ2n) is 3.40. The third-order valence-electron chi connectivity index (χ3n) is 2.36. The third-order valence-corrected chi connectivity index (χ3v) is 4.03. The molecule has 18 heavy (non-hydrogen) atoms. The largest absolute Gasteiger partial charge is 0.493 e. The molecule has 1 rings (SSSR count). The summed E-state index contributed by atoms with van der Waals surface area (Å²) in [5, 5.41) is 8.75. The Labute approximate surface area is 106 Å². The third kappa shape index (κ3) is 2.85. The Morgan fingerprint density at radius 2 is 1.56 bits per heavy atom. The zero-order chi connectivity index (χ0) is 13.8. The Morgan fingerprint density at radius 3 is 1.89 bits per heavy atom. The Bertz CT molecular complexity index is 483. The van der Waals surface area contributed by atoms with Crippen molar-refractivity contribution >= 4 is 9.84 Å². The number of aliphatic hydroxyl groups excluding tert-OH is 1. The highest BCUT2D eigenvalue weighted by molar-refractivity contribution is 7.91. The van der Waals surface area contributed by atoms with Crippen molar-refractivity contribution in [2.45, 2.75) is 4.90 Å². The van der Waals surface area contributed by atoms with E-state index in [0.717, 1.165) is 0 Å². The molecule has 0 bridgehead atoms. The molecule has 0 atom stereocenters. The first kappa shape index (κ1) is 14.6. The molecule has 1 aromatic rings. The average molecular weight is 276 g/mol. The van der Waals surface area contributed by atoms with Crippen LogP contribution in [0.15, 0.2) is 17.0 Å². The van der Waals surface area contributed by atoms with E-state index in [2.05, 4.69) is 0 Å². The average Bonchev–Trinajstić information content (AvgIpc) is 2.36. The van der Waals surface area contributed by atoms with Crippen LogP contribution in [0.5, 0.6) is 17.2 Å². The molecule has 0 saturated heterocycles. The van der Waals surface area contributed by atoms with Crippen LogP contribution in [0.1, 0.15) is 0 Å². The maximum atomic E-state index is 11.9. The van der Waals surface area contributed by atoms with Gasteiger partial charge in [0.1, 0.15) is 0 Å². The minimum absolute atomic E-state index is 0.0195. The highest BCUT2D eigenvalue weighted by Crippen LogP contribution is 2.39. The van der Waals surface area contributed by atoms with E-state index in [4.69, 9.17) is 19.3 Å². The molecule has 0 heterocycles. The molecule has 6 nitrogen and oxygen atoms in total. The number of hydrogen-bond donors (Lipinski definition) is 1. The quantitative estimate of drug-likeness (QED) is 0.813. The van der Waals surface area contributed by atoms with Crippen molar-refractivity contribution in [1.82, 2.24) is 0 Å². The summed E-state index contributed by atoms with van der Waals surface area (Å²) < 4.78 is 38.9. The minimum Gasteiger partial charge on any atom is -0.493 e. The zero-order valence-electron chi connectivity index (χ0n) is 10.5. The van der Waals surface area contributed by atoms with E-state index in [1.165, 1.54) is 33.5 Å². The van der Waals surface area contributed by atoms with Gasteiger partial charge in [-0.3, -0.25) is 0 Å². The van der Waals surface area contributed by atoms with Crippen molar-refractivity contribution in [3.8, 4) is 17.2 Å². The number of benzene rings is 1. The molecule has 0 radical (unpaired) electrons. The number of sulfone groups is 1. The summed E-state index contributed by atoms with van der Waals surface area (Å²) in [6.07, 6.45) is 0. The van der Waals surface area contributed by atoms with Gasteiger partial charge in [0.2, 0.25) is 5.75 Å². The van der Waals surface area contributed by atoms with E-state index in [0.29, 0.717) is 5.75 Å². The van der Waals surface area contributed by atoms with Crippen LogP contribution >= 0.6 is 0 Å². The molecule has 102 valence electrons. The number of rotatable bonds is 6. The van der Waals surface area contributed by atoms with Gasteiger partial charge in [-0.2, -0.15) is 0 Å². The van der Waals surface area contributed by atoms with Crippen LogP contribution in [-0.2, 0) is 9.84 Å². The van der Waals surface area contributed by atoms with Gasteiger partial charge in [-0.05, 0) is 0 Å². The van der Waals surface area contributed by atoms with E-state index in [-0.39, 0.29) is 22.1 Å². The first-order valence-electron chi connectivity index (χ1n) is 5.13. The van der Waals surface area contributed by atoms with Crippen LogP contribution in [0, 0.1) is 0 Å².